The maximum atomic E-state index is 5.95. The Hall–Kier alpha value is -0.580. The van der Waals surface area contributed by atoms with Gasteiger partial charge >= 0.3 is 0 Å². The van der Waals surface area contributed by atoms with Gasteiger partial charge in [-0.2, -0.15) is 0 Å². The van der Waals surface area contributed by atoms with Gasteiger partial charge in [-0.05, 0) is 53.5 Å². The normalized spacial score (nSPS) is 17.6. The molecule has 0 saturated heterocycles. The van der Waals surface area contributed by atoms with Gasteiger partial charge in [0.1, 0.15) is 5.75 Å². The highest BCUT2D eigenvalue weighted by atomic mass is 79.9. The number of rotatable bonds is 5. The molecule has 1 aromatic rings. The molecule has 1 aromatic carbocycles. The first-order valence-electron chi connectivity index (χ1n) is 6.42. The van der Waals surface area contributed by atoms with E-state index >= 15 is 0 Å². The summed E-state index contributed by atoms with van der Waals surface area (Å²) in [5, 5.41) is 0. The molecule has 0 amide bonds. The minimum absolute atomic E-state index is 0.289. The summed E-state index contributed by atoms with van der Waals surface area (Å²) >= 11 is 3.54. The quantitative estimate of drug-likeness (QED) is 0.908. The van der Waals surface area contributed by atoms with Crippen molar-refractivity contribution in [3.8, 4) is 5.75 Å². The zero-order valence-electron chi connectivity index (χ0n) is 11.0. The van der Waals surface area contributed by atoms with E-state index in [1.165, 1.54) is 24.8 Å². The number of ether oxygens (including phenoxy) is 1. The van der Waals surface area contributed by atoms with Crippen molar-refractivity contribution in [1.29, 1.82) is 0 Å². The number of benzene rings is 1. The maximum Gasteiger partial charge on any atom is 0.133 e. The molecule has 0 aliphatic heterocycles. The highest BCUT2D eigenvalue weighted by Gasteiger charge is 2.27. The van der Waals surface area contributed by atoms with Crippen molar-refractivity contribution in [3.63, 3.8) is 0 Å². The van der Waals surface area contributed by atoms with Crippen molar-refractivity contribution < 1.29 is 4.74 Å². The molecular formula is C14H21BrN2O. The number of methoxy groups -OCH3 is 1. The molecule has 0 spiro atoms. The third kappa shape index (κ3) is 2.71. The summed E-state index contributed by atoms with van der Waals surface area (Å²) in [6, 6.07) is 7.20. The first-order valence-corrected chi connectivity index (χ1v) is 7.22. The fourth-order valence-electron chi connectivity index (χ4n) is 2.48. The van der Waals surface area contributed by atoms with Crippen LogP contribution in [0.5, 0.6) is 5.75 Å². The molecular weight excluding hydrogens is 292 g/mol. The van der Waals surface area contributed by atoms with Crippen molar-refractivity contribution in [3.05, 3.63) is 28.2 Å². The summed E-state index contributed by atoms with van der Waals surface area (Å²) in [6.45, 7) is 0.645. The van der Waals surface area contributed by atoms with Crippen LogP contribution in [0, 0.1) is 0 Å². The van der Waals surface area contributed by atoms with E-state index in [4.69, 9.17) is 10.5 Å². The first kappa shape index (κ1) is 13.8. The van der Waals surface area contributed by atoms with Gasteiger partial charge in [0.05, 0.1) is 11.6 Å². The Morgan fingerprint density at radius 2 is 2.22 bits per heavy atom. The molecule has 1 atom stereocenters. The van der Waals surface area contributed by atoms with Gasteiger partial charge in [0, 0.05) is 18.6 Å². The van der Waals surface area contributed by atoms with Gasteiger partial charge in [0.25, 0.3) is 0 Å². The Bertz CT molecular complexity index is 407. The standard InChI is InChI=1S/C14H21BrN2O/c1-17(11-4-3-5-11)13(9-16)10-6-7-14(18-2)12(15)8-10/h6-8,11,13H,3-5,9,16H2,1-2H3. The van der Waals surface area contributed by atoms with Gasteiger partial charge in [0.2, 0.25) is 0 Å². The Balaban J connectivity index is 2.18. The van der Waals surface area contributed by atoms with Crippen LogP contribution in [0.2, 0.25) is 0 Å². The van der Waals surface area contributed by atoms with Gasteiger partial charge in [0.15, 0.2) is 0 Å². The van der Waals surface area contributed by atoms with Crippen molar-refractivity contribution in [1.82, 2.24) is 4.90 Å². The molecule has 1 unspecified atom stereocenters. The molecule has 4 heteroatoms. The molecule has 100 valence electrons. The molecule has 1 saturated carbocycles. The predicted octanol–water partition coefficient (Wildman–Crippen LogP) is 2.94. The second kappa shape index (κ2) is 6.04. The molecule has 0 bridgehead atoms. The number of halogens is 1. The lowest BCUT2D eigenvalue weighted by Gasteiger charge is -2.40. The van der Waals surface area contributed by atoms with Crippen LogP contribution >= 0.6 is 15.9 Å². The zero-order chi connectivity index (χ0) is 13.1. The number of likely N-dealkylation sites (N-methyl/N-ethyl adjacent to an activating group) is 1. The second-order valence-electron chi connectivity index (χ2n) is 4.90. The van der Waals surface area contributed by atoms with Crippen LogP contribution in [0.15, 0.2) is 22.7 Å². The molecule has 0 radical (unpaired) electrons. The maximum absolute atomic E-state index is 5.95. The average molecular weight is 313 g/mol. The molecule has 3 nitrogen and oxygen atoms in total. The lowest BCUT2D eigenvalue weighted by molar-refractivity contribution is 0.113. The second-order valence-corrected chi connectivity index (χ2v) is 5.75. The predicted molar refractivity (Wildman–Crippen MR) is 77.9 cm³/mol. The smallest absolute Gasteiger partial charge is 0.133 e. The largest absolute Gasteiger partial charge is 0.496 e. The van der Waals surface area contributed by atoms with E-state index in [2.05, 4.69) is 40.0 Å². The summed E-state index contributed by atoms with van der Waals surface area (Å²) < 4.78 is 6.25. The molecule has 1 fully saturated rings. The third-order valence-corrected chi connectivity index (χ3v) is 4.55. The van der Waals surface area contributed by atoms with Crippen molar-refractivity contribution in [2.45, 2.75) is 31.3 Å². The number of hydrogen-bond acceptors (Lipinski definition) is 3. The highest BCUT2D eigenvalue weighted by molar-refractivity contribution is 9.10. The van der Waals surface area contributed by atoms with Crippen LogP contribution in [0.3, 0.4) is 0 Å². The molecule has 0 heterocycles. The molecule has 0 aromatic heterocycles. The van der Waals surface area contributed by atoms with Gasteiger partial charge in [-0.25, -0.2) is 0 Å². The molecule has 18 heavy (non-hydrogen) atoms. The van der Waals surface area contributed by atoms with E-state index < -0.39 is 0 Å². The Labute approximate surface area is 117 Å². The van der Waals surface area contributed by atoms with Gasteiger partial charge in [-0.15, -0.1) is 0 Å². The third-order valence-electron chi connectivity index (χ3n) is 3.93. The van der Waals surface area contributed by atoms with E-state index in [1.54, 1.807) is 7.11 Å². The number of nitrogens with two attached hydrogens (primary N) is 1. The van der Waals surface area contributed by atoms with Crippen molar-refractivity contribution in [2.75, 3.05) is 20.7 Å². The molecule has 1 aliphatic carbocycles. The van der Waals surface area contributed by atoms with Gasteiger partial charge in [-0.1, -0.05) is 12.5 Å². The monoisotopic (exact) mass is 312 g/mol. The van der Waals surface area contributed by atoms with E-state index in [0.717, 1.165) is 10.2 Å². The summed E-state index contributed by atoms with van der Waals surface area (Å²) in [5.41, 5.74) is 7.20. The molecule has 2 rings (SSSR count). The highest BCUT2D eigenvalue weighted by Crippen LogP contribution is 2.33. The Kier molecular flexibility index (Phi) is 4.65. The number of nitrogens with zero attached hydrogens (tertiary/aromatic N) is 1. The molecule has 1 aliphatic rings. The number of hydrogen-bond donors (Lipinski definition) is 1. The summed E-state index contributed by atoms with van der Waals surface area (Å²) in [6.07, 6.45) is 3.94. The SMILES string of the molecule is COc1ccc(C(CN)N(C)C2CCC2)cc1Br. The van der Waals surface area contributed by atoms with Gasteiger partial charge in [-0.3, -0.25) is 4.90 Å². The fraction of sp³-hybridized carbons (Fsp3) is 0.571. The van der Waals surface area contributed by atoms with E-state index in [-0.39, 0.29) is 6.04 Å². The first-order chi connectivity index (χ1) is 8.67. The minimum Gasteiger partial charge on any atom is -0.496 e. The van der Waals surface area contributed by atoms with Crippen LogP contribution in [-0.2, 0) is 0 Å². The average Bonchev–Trinajstić information content (AvgIpc) is 2.28. The van der Waals surface area contributed by atoms with Crippen molar-refractivity contribution >= 4 is 15.9 Å². The van der Waals surface area contributed by atoms with Crippen LogP contribution in [-0.4, -0.2) is 31.6 Å². The van der Waals surface area contributed by atoms with Crippen LogP contribution in [0.4, 0.5) is 0 Å². The lowest BCUT2D eigenvalue weighted by atomic mass is 9.89. The summed E-state index contributed by atoms with van der Waals surface area (Å²) in [5.74, 6) is 0.862. The Morgan fingerprint density at radius 3 is 2.67 bits per heavy atom. The lowest BCUT2D eigenvalue weighted by Crippen LogP contribution is -2.42. The van der Waals surface area contributed by atoms with Crippen molar-refractivity contribution in [2.24, 2.45) is 5.73 Å². The minimum atomic E-state index is 0.289. The van der Waals surface area contributed by atoms with E-state index in [1.807, 2.05) is 6.07 Å². The summed E-state index contributed by atoms with van der Waals surface area (Å²) in [7, 11) is 3.86. The summed E-state index contributed by atoms with van der Waals surface area (Å²) in [4.78, 5) is 2.41. The van der Waals surface area contributed by atoms with Crippen LogP contribution < -0.4 is 10.5 Å². The van der Waals surface area contributed by atoms with E-state index in [0.29, 0.717) is 12.6 Å². The van der Waals surface area contributed by atoms with Crippen LogP contribution in [0.1, 0.15) is 30.9 Å². The fourth-order valence-corrected chi connectivity index (χ4v) is 3.03. The van der Waals surface area contributed by atoms with E-state index in [9.17, 15) is 0 Å². The van der Waals surface area contributed by atoms with Crippen LogP contribution in [0.25, 0.3) is 0 Å². The van der Waals surface area contributed by atoms with Gasteiger partial charge < -0.3 is 10.5 Å². The Morgan fingerprint density at radius 1 is 1.50 bits per heavy atom. The molecule has 2 N–H and O–H groups in total. The topological polar surface area (TPSA) is 38.5 Å². The zero-order valence-corrected chi connectivity index (χ0v) is 12.6.